The van der Waals surface area contributed by atoms with Crippen molar-refractivity contribution in [2.45, 2.75) is 19.8 Å². The number of benzene rings is 3. The molecule has 0 aliphatic carbocycles. The Kier molecular flexibility index (Phi) is 6.82. The van der Waals surface area contributed by atoms with E-state index in [1.54, 1.807) is 24.4 Å². The van der Waals surface area contributed by atoms with E-state index >= 15 is 0 Å². The van der Waals surface area contributed by atoms with Gasteiger partial charge in [-0.25, -0.2) is 10.4 Å². The van der Waals surface area contributed by atoms with Crippen molar-refractivity contribution in [1.82, 2.24) is 15.4 Å². The van der Waals surface area contributed by atoms with E-state index in [1.807, 2.05) is 48.5 Å². The lowest BCUT2D eigenvalue weighted by molar-refractivity contribution is 0.0955. The van der Waals surface area contributed by atoms with Crippen molar-refractivity contribution in [3.63, 3.8) is 0 Å². The average Bonchev–Trinajstić information content (AvgIpc) is 3.23. The van der Waals surface area contributed by atoms with Crippen LogP contribution in [0.25, 0.3) is 22.4 Å². The number of carbonyl (C=O) groups is 1. The van der Waals surface area contributed by atoms with E-state index in [0.29, 0.717) is 23.0 Å². The fourth-order valence-electron chi connectivity index (χ4n) is 3.18. The van der Waals surface area contributed by atoms with Gasteiger partial charge in [0.2, 0.25) is 0 Å². The van der Waals surface area contributed by atoms with Gasteiger partial charge in [0.05, 0.1) is 28.9 Å². The molecule has 1 aromatic heterocycles. The first-order valence-electron chi connectivity index (χ1n) is 10.4. The highest BCUT2D eigenvalue weighted by Crippen LogP contribution is 2.27. The molecule has 0 saturated carbocycles. The molecule has 32 heavy (non-hydrogen) atoms. The molecule has 0 radical (unpaired) electrons. The SMILES string of the molecule is CCCCOc1cccc(/C=N/NC(=O)c2ccc3nc(-c4ccccc4Cl)[nH]c3c2)c1. The minimum atomic E-state index is -0.313. The second kappa shape index (κ2) is 10.1. The number of H-pyrrole nitrogens is 1. The summed E-state index contributed by atoms with van der Waals surface area (Å²) in [6.45, 7) is 2.80. The summed E-state index contributed by atoms with van der Waals surface area (Å²) in [5.41, 5.74) is 6.18. The number of nitrogens with one attached hydrogen (secondary N) is 2. The van der Waals surface area contributed by atoms with Crippen LogP contribution in [0.1, 0.15) is 35.7 Å². The van der Waals surface area contributed by atoms with Crippen molar-refractivity contribution in [3.05, 3.63) is 82.9 Å². The molecule has 1 heterocycles. The molecule has 162 valence electrons. The van der Waals surface area contributed by atoms with Gasteiger partial charge in [-0.15, -0.1) is 0 Å². The molecule has 0 atom stereocenters. The van der Waals surface area contributed by atoms with E-state index in [0.717, 1.165) is 40.8 Å². The molecule has 3 aromatic carbocycles. The first-order chi connectivity index (χ1) is 15.6. The van der Waals surface area contributed by atoms with Crippen LogP contribution in [0.5, 0.6) is 5.75 Å². The number of unbranched alkanes of at least 4 members (excludes halogenated alkanes) is 1. The van der Waals surface area contributed by atoms with E-state index in [4.69, 9.17) is 16.3 Å². The Balaban J connectivity index is 1.44. The number of fused-ring (bicyclic) bond motifs is 1. The van der Waals surface area contributed by atoms with Crippen molar-refractivity contribution in [1.29, 1.82) is 0 Å². The van der Waals surface area contributed by atoms with Gasteiger partial charge in [0, 0.05) is 11.1 Å². The predicted molar refractivity (Wildman–Crippen MR) is 128 cm³/mol. The molecule has 0 aliphatic heterocycles. The third-order valence-electron chi connectivity index (χ3n) is 4.88. The summed E-state index contributed by atoms with van der Waals surface area (Å²) < 4.78 is 5.70. The topological polar surface area (TPSA) is 79.4 Å². The molecule has 4 aromatic rings. The highest BCUT2D eigenvalue weighted by Gasteiger charge is 2.11. The lowest BCUT2D eigenvalue weighted by Gasteiger charge is -2.05. The third kappa shape index (κ3) is 5.15. The number of hydrogen-bond donors (Lipinski definition) is 2. The van der Waals surface area contributed by atoms with Crippen LogP contribution in [0.15, 0.2) is 71.8 Å². The van der Waals surface area contributed by atoms with Crippen molar-refractivity contribution in [2.75, 3.05) is 6.61 Å². The molecule has 0 spiro atoms. The predicted octanol–water partition coefficient (Wildman–Crippen LogP) is 5.83. The van der Waals surface area contributed by atoms with Crippen LogP contribution in [-0.2, 0) is 0 Å². The molecule has 1 amide bonds. The zero-order chi connectivity index (χ0) is 22.3. The van der Waals surface area contributed by atoms with Crippen LogP contribution < -0.4 is 10.2 Å². The second-order valence-corrected chi connectivity index (χ2v) is 7.68. The molecule has 0 aliphatic rings. The quantitative estimate of drug-likeness (QED) is 0.203. The number of aromatic amines is 1. The van der Waals surface area contributed by atoms with Crippen molar-refractivity contribution in [2.24, 2.45) is 5.10 Å². The first-order valence-corrected chi connectivity index (χ1v) is 10.8. The summed E-state index contributed by atoms with van der Waals surface area (Å²) >= 11 is 6.27. The summed E-state index contributed by atoms with van der Waals surface area (Å²) in [5, 5.41) is 4.69. The number of carbonyl (C=O) groups excluding carboxylic acids is 1. The highest BCUT2D eigenvalue weighted by atomic mass is 35.5. The van der Waals surface area contributed by atoms with Gasteiger partial charge in [0.25, 0.3) is 5.91 Å². The van der Waals surface area contributed by atoms with Gasteiger partial charge in [-0.1, -0.05) is 49.2 Å². The first kappa shape index (κ1) is 21.6. The summed E-state index contributed by atoms with van der Waals surface area (Å²) in [7, 11) is 0. The molecule has 4 rings (SSSR count). The normalized spacial score (nSPS) is 11.2. The van der Waals surface area contributed by atoms with E-state index < -0.39 is 0 Å². The summed E-state index contributed by atoms with van der Waals surface area (Å²) in [5.74, 6) is 1.13. The molecule has 0 bridgehead atoms. The van der Waals surface area contributed by atoms with Gasteiger partial charge >= 0.3 is 0 Å². The Hall–Kier alpha value is -3.64. The standard InChI is InChI=1S/C25H23ClN4O2/c1-2-3-13-32-19-8-6-7-17(14-19)16-27-30-25(31)18-11-12-22-23(15-18)29-24(28-22)20-9-4-5-10-21(20)26/h4-12,14-16H,2-3,13H2,1H3,(H,28,29)(H,30,31)/b27-16+. The van der Waals surface area contributed by atoms with Crippen LogP contribution in [0.3, 0.4) is 0 Å². The number of hydrazone groups is 1. The molecule has 7 heteroatoms. The number of rotatable bonds is 8. The van der Waals surface area contributed by atoms with Crippen LogP contribution >= 0.6 is 11.6 Å². The fourth-order valence-corrected chi connectivity index (χ4v) is 3.41. The fraction of sp³-hybridized carbons (Fsp3) is 0.160. The van der Waals surface area contributed by atoms with Crippen molar-refractivity contribution >= 4 is 34.8 Å². The van der Waals surface area contributed by atoms with Gasteiger partial charge in [-0.05, 0) is 54.4 Å². The maximum absolute atomic E-state index is 12.5. The minimum absolute atomic E-state index is 0.313. The molecule has 6 nitrogen and oxygen atoms in total. The molecular weight excluding hydrogens is 424 g/mol. The third-order valence-corrected chi connectivity index (χ3v) is 5.21. The summed E-state index contributed by atoms with van der Waals surface area (Å²) in [6, 6.07) is 20.3. The van der Waals surface area contributed by atoms with Gasteiger partial charge in [0.15, 0.2) is 0 Å². The second-order valence-electron chi connectivity index (χ2n) is 7.27. The van der Waals surface area contributed by atoms with Crippen molar-refractivity contribution < 1.29 is 9.53 Å². The van der Waals surface area contributed by atoms with E-state index in [1.165, 1.54) is 0 Å². The smallest absolute Gasteiger partial charge is 0.271 e. The maximum atomic E-state index is 12.5. The lowest BCUT2D eigenvalue weighted by Crippen LogP contribution is -2.17. The molecule has 0 unspecified atom stereocenters. The average molecular weight is 447 g/mol. The van der Waals surface area contributed by atoms with E-state index in [2.05, 4.69) is 27.4 Å². The van der Waals surface area contributed by atoms with Crippen LogP contribution in [0.4, 0.5) is 0 Å². The molecule has 2 N–H and O–H groups in total. The number of halogens is 1. The minimum Gasteiger partial charge on any atom is -0.494 e. The van der Waals surface area contributed by atoms with Gasteiger partial charge < -0.3 is 9.72 Å². The van der Waals surface area contributed by atoms with Gasteiger partial charge in [0.1, 0.15) is 11.6 Å². The number of aromatic nitrogens is 2. The molecular formula is C25H23ClN4O2. The van der Waals surface area contributed by atoms with E-state index in [9.17, 15) is 4.79 Å². The van der Waals surface area contributed by atoms with Crippen LogP contribution in [-0.4, -0.2) is 28.7 Å². The largest absolute Gasteiger partial charge is 0.494 e. The molecule has 0 saturated heterocycles. The molecule has 0 fully saturated rings. The Morgan fingerprint density at radius 3 is 2.88 bits per heavy atom. The number of amides is 1. The van der Waals surface area contributed by atoms with E-state index in [-0.39, 0.29) is 5.91 Å². The monoisotopic (exact) mass is 446 g/mol. The summed E-state index contributed by atoms with van der Waals surface area (Å²) in [6.07, 6.45) is 3.68. The number of ether oxygens (including phenoxy) is 1. The Labute approximate surface area is 191 Å². The maximum Gasteiger partial charge on any atom is 0.271 e. The Morgan fingerprint density at radius 2 is 2.03 bits per heavy atom. The number of hydrogen-bond acceptors (Lipinski definition) is 4. The lowest BCUT2D eigenvalue weighted by atomic mass is 10.2. The number of imidazole rings is 1. The Bertz CT molecular complexity index is 1270. The van der Waals surface area contributed by atoms with Gasteiger partial charge in [-0.3, -0.25) is 4.79 Å². The van der Waals surface area contributed by atoms with Crippen LogP contribution in [0, 0.1) is 0 Å². The van der Waals surface area contributed by atoms with Crippen molar-refractivity contribution in [3.8, 4) is 17.1 Å². The zero-order valence-corrected chi connectivity index (χ0v) is 18.4. The van der Waals surface area contributed by atoms with Gasteiger partial charge in [-0.2, -0.15) is 5.10 Å². The zero-order valence-electron chi connectivity index (χ0n) is 17.6. The summed E-state index contributed by atoms with van der Waals surface area (Å²) in [4.78, 5) is 20.3. The van der Waals surface area contributed by atoms with Crippen LogP contribution in [0.2, 0.25) is 5.02 Å². The number of nitrogens with zero attached hydrogens (tertiary/aromatic N) is 2. The highest BCUT2D eigenvalue weighted by molar-refractivity contribution is 6.33. The Morgan fingerprint density at radius 1 is 1.16 bits per heavy atom.